The minimum Gasteiger partial charge on any atom is -0.398 e. The van der Waals surface area contributed by atoms with Crippen molar-refractivity contribution in [3.63, 3.8) is 0 Å². The highest BCUT2D eigenvalue weighted by atomic mass is 19.1. The third-order valence-electron chi connectivity index (χ3n) is 2.93. The Hall–Kier alpha value is -2.54. The van der Waals surface area contributed by atoms with Gasteiger partial charge in [0.2, 0.25) is 0 Å². The van der Waals surface area contributed by atoms with Crippen molar-refractivity contribution in [2.75, 3.05) is 11.1 Å². The zero-order valence-electron chi connectivity index (χ0n) is 10.5. The second-order valence-electron chi connectivity index (χ2n) is 4.33. The van der Waals surface area contributed by atoms with E-state index in [-0.39, 0.29) is 11.9 Å². The number of rotatable bonds is 3. The SMILES string of the molecule is CC(Nc1ccc(C#N)c(N)c1)c1ccc(F)cc1. The quantitative estimate of drug-likeness (QED) is 0.826. The molecule has 3 N–H and O–H groups in total. The van der Waals surface area contributed by atoms with Crippen LogP contribution in [0.15, 0.2) is 42.5 Å². The fraction of sp³-hybridized carbons (Fsp3) is 0.133. The van der Waals surface area contributed by atoms with E-state index in [4.69, 9.17) is 11.0 Å². The van der Waals surface area contributed by atoms with E-state index in [0.717, 1.165) is 11.3 Å². The van der Waals surface area contributed by atoms with Crippen LogP contribution in [-0.2, 0) is 0 Å². The van der Waals surface area contributed by atoms with Gasteiger partial charge in [0.15, 0.2) is 0 Å². The molecule has 1 unspecified atom stereocenters. The highest BCUT2D eigenvalue weighted by molar-refractivity contribution is 5.63. The summed E-state index contributed by atoms with van der Waals surface area (Å²) in [4.78, 5) is 0. The molecule has 0 amide bonds. The van der Waals surface area contributed by atoms with Gasteiger partial charge >= 0.3 is 0 Å². The molecule has 3 nitrogen and oxygen atoms in total. The molecule has 0 saturated carbocycles. The van der Waals surface area contributed by atoms with Gasteiger partial charge in [-0.1, -0.05) is 12.1 Å². The standard InChI is InChI=1S/C15H14FN3/c1-10(11-2-5-13(16)6-3-11)19-14-7-4-12(9-17)15(18)8-14/h2-8,10,19H,18H2,1H3. The topological polar surface area (TPSA) is 61.8 Å². The van der Waals surface area contributed by atoms with Crippen LogP contribution in [0.2, 0.25) is 0 Å². The molecule has 0 aliphatic heterocycles. The summed E-state index contributed by atoms with van der Waals surface area (Å²) in [5.41, 5.74) is 8.46. The molecule has 2 aromatic carbocycles. The fourth-order valence-corrected chi connectivity index (χ4v) is 1.84. The van der Waals surface area contributed by atoms with Gasteiger partial charge < -0.3 is 11.1 Å². The Morgan fingerprint density at radius 2 is 1.89 bits per heavy atom. The molecule has 0 aliphatic carbocycles. The van der Waals surface area contributed by atoms with E-state index in [1.807, 2.05) is 13.0 Å². The Labute approximate surface area is 111 Å². The van der Waals surface area contributed by atoms with Crippen molar-refractivity contribution in [2.24, 2.45) is 0 Å². The van der Waals surface area contributed by atoms with Crippen LogP contribution in [-0.4, -0.2) is 0 Å². The Balaban J connectivity index is 2.15. The molecule has 1 atom stereocenters. The second-order valence-corrected chi connectivity index (χ2v) is 4.33. The van der Waals surface area contributed by atoms with Gasteiger partial charge in [-0.05, 0) is 42.8 Å². The third-order valence-corrected chi connectivity index (χ3v) is 2.93. The van der Waals surface area contributed by atoms with Crippen LogP contribution >= 0.6 is 0 Å². The summed E-state index contributed by atoms with van der Waals surface area (Å²) in [7, 11) is 0. The maximum Gasteiger partial charge on any atom is 0.123 e. The van der Waals surface area contributed by atoms with Crippen LogP contribution in [0.25, 0.3) is 0 Å². The number of nitriles is 1. The van der Waals surface area contributed by atoms with E-state index < -0.39 is 0 Å². The maximum atomic E-state index is 12.8. The lowest BCUT2D eigenvalue weighted by atomic mass is 10.1. The van der Waals surface area contributed by atoms with Gasteiger partial charge in [0, 0.05) is 11.7 Å². The minimum absolute atomic E-state index is 0.0212. The molecule has 0 bridgehead atoms. The number of hydrogen-bond acceptors (Lipinski definition) is 3. The first-order valence-corrected chi connectivity index (χ1v) is 5.92. The number of benzene rings is 2. The number of nitrogens with zero attached hydrogens (tertiary/aromatic N) is 1. The molecule has 2 aromatic rings. The first-order chi connectivity index (χ1) is 9.10. The number of nitrogens with one attached hydrogen (secondary N) is 1. The molecule has 4 heteroatoms. The average Bonchev–Trinajstić information content (AvgIpc) is 2.39. The van der Waals surface area contributed by atoms with Crippen molar-refractivity contribution < 1.29 is 4.39 Å². The van der Waals surface area contributed by atoms with E-state index in [1.165, 1.54) is 12.1 Å². The first kappa shape index (κ1) is 12.9. The molecule has 19 heavy (non-hydrogen) atoms. The Bertz CT molecular complexity index is 614. The second kappa shape index (κ2) is 5.40. The zero-order chi connectivity index (χ0) is 13.8. The Morgan fingerprint density at radius 1 is 1.21 bits per heavy atom. The normalized spacial score (nSPS) is 11.6. The molecule has 0 saturated heterocycles. The van der Waals surface area contributed by atoms with Gasteiger partial charge in [-0.2, -0.15) is 5.26 Å². The number of halogens is 1. The summed E-state index contributed by atoms with van der Waals surface area (Å²) in [5.74, 6) is -0.251. The highest BCUT2D eigenvalue weighted by Gasteiger charge is 2.06. The Morgan fingerprint density at radius 3 is 2.47 bits per heavy atom. The minimum atomic E-state index is -0.251. The van der Waals surface area contributed by atoms with Gasteiger partial charge in [0.05, 0.1) is 11.3 Å². The molecule has 0 spiro atoms. The van der Waals surface area contributed by atoms with Crippen molar-refractivity contribution in [1.29, 1.82) is 5.26 Å². The zero-order valence-corrected chi connectivity index (χ0v) is 10.5. The molecule has 0 radical (unpaired) electrons. The van der Waals surface area contributed by atoms with E-state index >= 15 is 0 Å². The summed E-state index contributed by atoms with van der Waals surface area (Å²) in [6.45, 7) is 1.97. The fourth-order valence-electron chi connectivity index (χ4n) is 1.84. The van der Waals surface area contributed by atoms with Gasteiger partial charge in [-0.25, -0.2) is 4.39 Å². The maximum absolute atomic E-state index is 12.8. The van der Waals surface area contributed by atoms with E-state index in [9.17, 15) is 4.39 Å². The lowest BCUT2D eigenvalue weighted by Crippen LogP contribution is -2.07. The predicted octanol–water partition coefficient (Wildman–Crippen LogP) is 3.45. The van der Waals surface area contributed by atoms with Crippen LogP contribution in [0.5, 0.6) is 0 Å². The molecule has 0 heterocycles. The van der Waals surface area contributed by atoms with Crippen molar-refractivity contribution in [3.05, 3.63) is 59.4 Å². The molecular formula is C15H14FN3. The summed E-state index contributed by atoms with van der Waals surface area (Å²) in [6, 6.07) is 13.6. The van der Waals surface area contributed by atoms with Crippen LogP contribution < -0.4 is 11.1 Å². The average molecular weight is 255 g/mol. The smallest absolute Gasteiger partial charge is 0.123 e. The summed E-state index contributed by atoms with van der Waals surface area (Å²) < 4.78 is 12.8. The van der Waals surface area contributed by atoms with Gasteiger partial charge in [-0.15, -0.1) is 0 Å². The number of nitrogen functional groups attached to an aromatic ring is 1. The lowest BCUT2D eigenvalue weighted by Gasteiger charge is -2.16. The van der Waals surface area contributed by atoms with Crippen molar-refractivity contribution in [3.8, 4) is 6.07 Å². The van der Waals surface area contributed by atoms with Crippen molar-refractivity contribution >= 4 is 11.4 Å². The number of anilines is 2. The third kappa shape index (κ3) is 3.02. The summed E-state index contributed by atoms with van der Waals surface area (Å²) in [5, 5.41) is 12.1. The molecule has 96 valence electrons. The molecular weight excluding hydrogens is 241 g/mol. The number of nitrogens with two attached hydrogens (primary N) is 1. The van der Waals surface area contributed by atoms with E-state index in [1.54, 1.807) is 30.3 Å². The first-order valence-electron chi connectivity index (χ1n) is 5.92. The molecule has 2 rings (SSSR count). The van der Waals surface area contributed by atoms with Gasteiger partial charge in [0.25, 0.3) is 0 Å². The van der Waals surface area contributed by atoms with Crippen LogP contribution in [0.3, 0.4) is 0 Å². The largest absolute Gasteiger partial charge is 0.398 e. The van der Waals surface area contributed by atoms with E-state index in [0.29, 0.717) is 11.3 Å². The number of hydrogen-bond donors (Lipinski definition) is 2. The van der Waals surface area contributed by atoms with Crippen molar-refractivity contribution in [2.45, 2.75) is 13.0 Å². The summed E-state index contributed by atoms with van der Waals surface area (Å²) >= 11 is 0. The van der Waals surface area contributed by atoms with Gasteiger partial charge in [-0.3, -0.25) is 0 Å². The van der Waals surface area contributed by atoms with Crippen LogP contribution in [0.1, 0.15) is 24.1 Å². The molecule has 0 aliphatic rings. The van der Waals surface area contributed by atoms with Crippen LogP contribution in [0.4, 0.5) is 15.8 Å². The molecule has 0 aromatic heterocycles. The van der Waals surface area contributed by atoms with Crippen LogP contribution in [0, 0.1) is 17.1 Å². The van der Waals surface area contributed by atoms with Gasteiger partial charge in [0.1, 0.15) is 11.9 Å². The highest BCUT2D eigenvalue weighted by Crippen LogP contribution is 2.22. The Kier molecular flexibility index (Phi) is 3.67. The van der Waals surface area contributed by atoms with E-state index in [2.05, 4.69) is 5.32 Å². The predicted molar refractivity (Wildman–Crippen MR) is 74.0 cm³/mol. The lowest BCUT2D eigenvalue weighted by molar-refractivity contribution is 0.626. The molecule has 0 fully saturated rings. The summed E-state index contributed by atoms with van der Waals surface area (Å²) in [6.07, 6.45) is 0. The monoisotopic (exact) mass is 255 g/mol. The van der Waals surface area contributed by atoms with Crippen molar-refractivity contribution in [1.82, 2.24) is 0 Å².